The molecule has 0 aromatic carbocycles. The topological polar surface area (TPSA) is 92.2 Å². The van der Waals surface area contributed by atoms with Crippen molar-refractivity contribution in [1.82, 2.24) is 0 Å². The Morgan fingerprint density at radius 2 is 0.556 bits per heavy atom. The normalized spacial score (nSPS) is 6.67. The number of hydrogen-bond acceptors (Lipinski definition) is 4. The van der Waals surface area contributed by atoms with E-state index in [1.807, 2.05) is 0 Å². The van der Waals surface area contributed by atoms with Crippen molar-refractivity contribution in [3.05, 3.63) is 0 Å². The zero-order valence-corrected chi connectivity index (χ0v) is 10.3. The molecular formula is Ag4O4Si. The van der Waals surface area contributed by atoms with E-state index < -0.39 is 9.05 Å². The molecular weight excluding hydrogens is 524 g/mol. The van der Waals surface area contributed by atoms with E-state index in [0.29, 0.717) is 0 Å². The van der Waals surface area contributed by atoms with Gasteiger partial charge in [0, 0.05) is 0 Å². The molecule has 0 bridgehead atoms. The average molecular weight is 524 g/mol. The van der Waals surface area contributed by atoms with Crippen molar-refractivity contribution >= 4 is 9.05 Å². The smallest absolute Gasteiger partial charge is 0.894 e. The molecule has 4 nitrogen and oxygen atoms in total. The molecule has 0 amide bonds. The number of hydrogen-bond donors (Lipinski definition) is 0. The Kier molecular flexibility index (Phi) is 44.8. The van der Waals surface area contributed by atoms with Gasteiger partial charge in [-0.1, -0.05) is 0 Å². The summed E-state index contributed by atoms with van der Waals surface area (Å²) < 4.78 is 0. The largest absolute Gasteiger partial charge is 1.00 e. The SMILES string of the molecule is [Ag+].[Ag+].[Ag+].[Ag+].[O-][Si]([O-])([O-])[O-]. The van der Waals surface area contributed by atoms with Gasteiger partial charge in [0.1, 0.15) is 0 Å². The molecule has 9 heavy (non-hydrogen) atoms. The van der Waals surface area contributed by atoms with Crippen LogP contribution in [0.4, 0.5) is 0 Å². The van der Waals surface area contributed by atoms with Gasteiger partial charge in [0.25, 0.3) is 0 Å². The first-order valence-corrected chi connectivity index (χ1v) is 2.45. The molecule has 0 aromatic heterocycles. The fraction of sp³-hybridized carbons (Fsp3) is 0. The Hall–Kier alpha value is 3.02. The first-order chi connectivity index (χ1) is 2.00. The minimum Gasteiger partial charge on any atom is -0.894 e. The third kappa shape index (κ3) is 98.4. The van der Waals surface area contributed by atoms with Gasteiger partial charge < -0.3 is 28.2 Å². The van der Waals surface area contributed by atoms with E-state index in [1.165, 1.54) is 0 Å². The molecule has 0 saturated carbocycles. The molecule has 0 aliphatic heterocycles. The summed E-state index contributed by atoms with van der Waals surface area (Å²) in [5, 5.41) is 0. The summed E-state index contributed by atoms with van der Waals surface area (Å²) in [6.45, 7) is 0. The molecule has 0 aromatic rings. The Morgan fingerprint density at radius 1 is 0.556 bits per heavy atom. The molecule has 0 aliphatic rings. The van der Waals surface area contributed by atoms with Gasteiger partial charge >= 0.3 is 89.5 Å². The molecule has 0 spiro atoms. The molecule has 0 saturated heterocycles. The van der Waals surface area contributed by atoms with Crippen molar-refractivity contribution in [2.24, 2.45) is 0 Å². The Balaban J connectivity index is -0.0000000133. The number of rotatable bonds is 0. The first kappa shape index (κ1) is 29.6. The van der Waals surface area contributed by atoms with Crippen LogP contribution >= 0.6 is 0 Å². The monoisotopic (exact) mass is 520 g/mol. The third-order valence-corrected chi connectivity index (χ3v) is 0. The van der Waals surface area contributed by atoms with Crippen molar-refractivity contribution < 1.29 is 109 Å². The molecule has 0 aliphatic carbocycles. The second-order valence-electron chi connectivity index (χ2n) is 0.500. The van der Waals surface area contributed by atoms with Crippen LogP contribution in [-0.4, -0.2) is 9.05 Å². The van der Waals surface area contributed by atoms with Crippen LogP contribution in [0.25, 0.3) is 0 Å². The van der Waals surface area contributed by atoms with E-state index in [0.717, 1.165) is 0 Å². The van der Waals surface area contributed by atoms with E-state index >= 15 is 0 Å². The maximum atomic E-state index is 8.58. The summed E-state index contributed by atoms with van der Waals surface area (Å²) in [6.07, 6.45) is 0. The van der Waals surface area contributed by atoms with Crippen molar-refractivity contribution in [3.8, 4) is 0 Å². The second-order valence-corrected chi connectivity index (χ2v) is 1.50. The molecule has 0 atom stereocenters. The molecule has 0 radical (unpaired) electrons. The summed E-state index contributed by atoms with van der Waals surface area (Å²) in [4.78, 5) is 34.3. The van der Waals surface area contributed by atoms with Gasteiger partial charge in [-0.25, -0.2) is 0 Å². The van der Waals surface area contributed by atoms with Gasteiger partial charge in [-0.05, 0) is 0 Å². The predicted octanol–water partition coefficient (Wildman–Crippen LogP) is -5.15. The van der Waals surface area contributed by atoms with Crippen molar-refractivity contribution in [3.63, 3.8) is 0 Å². The summed E-state index contributed by atoms with van der Waals surface area (Å²) in [5.74, 6) is 0. The summed E-state index contributed by atoms with van der Waals surface area (Å²) in [7, 11) is -5.61. The van der Waals surface area contributed by atoms with Crippen LogP contribution in [0.15, 0.2) is 0 Å². The van der Waals surface area contributed by atoms with Crippen molar-refractivity contribution in [2.75, 3.05) is 0 Å². The van der Waals surface area contributed by atoms with E-state index in [4.69, 9.17) is 19.2 Å². The van der Waals surface area contributed by atoms with Crippen LogP contribution in [0, 0.1) is 0 Å². The minimum absolute atomic E-state index is 0. The van der Waals surface area contributed by atoms with Crippen molar-refractivity contribution in [1.29, 1.82) is 0 Å². The molecule has 0 unspecified atom stereocenters. The van der Waals surface area contributed by atoms with Gasteiger partial charge in [-0.3, -0.25) is 0 Å². The fourth-order valence-corrected chi connectivity index (χ4v) is 0. The zero-order valence-electron chi connectivity index (χ0n) is 3.34. The Morgan fingerprint density at radius 3 is 0.556 bits per heavy atom. The summed E-state index contributed by atoms with van der Waals surface area (Å²) in [5.41, 5.74) is 0. The molecule has 0 N–H and O–H groups in total. The van der Waals surface area contributed by atoms with E-state index in [1.54, 1.807) is 0 Å². The van der Waals surface area contributed by atoms with Gasteiger partial charge in [0.2, 0.25) is 0 Å². The van der Waals surface area contributed by atoms with Crippen LogP contribution in [0.3, 0.4) is 0 Å². The second kappa shape index (κ2) is 13.6. The third-order valence-electron chi connectivity index (χ3n) is 0. The minimum atomic E-state index is -5.61. The van der Waals surface area contributed by atoms with E-state index in [9.17, 15) is 0 Å². The van der Waals surface area contributed by atoms with Crippen molar-refractivity contribution in [2.45, 2.75) is 0 Å². The predicted molar refractivity (Wildman–Crippen MR) is 5.75 cm³/mol. The molecule has 0 heterocycles. The Labute approximate surface area is 116 Å². The molecule has 9 heteroatoms. The van der Waals surface area contributed by atoms with Gasteiger partial charge in [0.15, 0.2) is 0 Å². The van der Waals surface area contributed by atoms with Crippen LogP contribution in [-0.2, 0) is 89.5 Å². The quantitative estimate of drug-likeness (QED) is 0.297. The van der Waals surface area contributed by atoms with Crippen LogP contribution in [0.1, 0.15) is 0 Å². The summed E-state index contributed by atoms with van der Waals surface area (Å²) in [6, 6.07) is 0. The van der Waals surface area contributed by atoms with E-state index in [-0.39, 0.29) is 89.5 Å². The molecule has 72 valence electrons. The van der Waals surface area contributed by atoms with Gasteiger partial charge in [-0.2, -0.15) is 0 Å². The fourth-order valence-electron chi connectivity index (χ4n) is 0. The average Bonchev–Trinajstić information content (AvgIpc) is 0.722. The van der Waals surface area contributed by atoms with Gasteiger partial charge in [-0.15, -0.1) is 0 Å². The maximum Gasteiger partial charge on any atom is 1.00 e. The van der Waals surface area contributed by atoms with Gasteiger partial charge in [0.05, 0.1) is 0 Å². The van der Waals surface area contributed by atoms with E-state index in [2.05, 4.69) is 0 Å². The molecule has 0 fully saturated rings. The maximum absolute atomic E-state index is 8.58. The van der Waals surface area contributed by atoms with Crippen LogP contribution in [0.5, 0.6) is 0 Å². The van der Waals surface area contributed by atoms with Crippen LogP contribution in [0.2, 0.25) is 0 Å². The molecule has 0 rings (SSSR count). The Bertz CT molecular complexity index is 28.0. The zero-order chi connectivity index (χ0) is 4.50. The van der Waals surface area contributed by atoms with Crippen LogP contribution < -0.4 is 19.2 Å². The standard InChI is InChI=1S/4Ag.O4Si/c;;;;1-5(2,3)4/q4*+1;-4. The first-order valence-electron chi connectivity index (χ1n) is 0.816. The summed E-state index contributed by atoms with van der Waals surface area (Å²) >= 11 is 0.